The number of nitrogens with zero attached hydrogens (tertiary/aromatic N) is 2. The van der Waals surface area contributed by atoms with Crippen molar-refractivity contribution in [2.24, 2.45) is 0 Å². The molecule has 144 valence electrons. The topological polar surface area (TPSA) is 148 Å². The third-order valence-electron chi connectivity index (χ3n) is 3.93. The van der Waals surface area contributed by atoms with Gasteiger partial charge in [0.05, 0.1) is 27.8 Å². The van der Waals surface area contributed by atoms with Crippen LogP contribution < -0.4 is 11.2 Å². The Bertz CT molecular complexity index is 947. The maximum absolute atomic E-state index is 12.1. The highest BCUT2D eigenvalue weighted by Gasteiger charge is 2.45. The van der Waals surface area contributed by atoms with Crippen LogP contribution in [0.2, 0.25) is 0 Å². The lowest BCUT2D eigenvalue weighted by Crippen LogP contribution is -2.36. The number of ether oxygens (including phenoxy) is 1. The summed E-state index contributed by atoms with van der Waals surface area (Å²) in [6, 6.07) is 7.27. The fourth-order valence-corrected chi connectivity index (χ4v) is 5.46. The molecule has 1 aromatic heterocycles. The highest BCUT2D eigenvalue weighted by Crippen LogP contribution is 2.47. The van der Waals surface area contributed by atoms with Crippen molar-refractivity contribution in [1.82, 2.24) is 9.55 Å². The second-order valence-electron chi connectivity index (χ2n) is 5.62. The maximum Gasteiger partial charge on any atom is 0.330 e. The third-order valence-corrected chi connectivity index (χ3v) is 6.78. The summed E-state index contributed by atoms with van der Waals surface area (Å²) in [5, 5.41) is 30.3. The molecule has 3 rings (SSSR count). The number of nitro groups is 1. The molecule has 10 nitrogen and oxygen atoms in total. The molecule has 0 amide bonds. The molecule has 1 saturated heterocycles. The number of aliphatic hydroxyl groups excluding tert-OH is 2. The number of rotatable bonds is 6. The minimum atomic E-state index is -1.13. The van der Waals surface area contributed by atoms with E-state index in [1.165, 1.54) is 12.3 Å². The molecule has 0 spiro atoms. The third kappa shape index (κ3) is 4.09. The lowest BCUT2D eigenvalue weighted by Gasteiger charge is -2.20. The van der Waals surface area contributed by atoms with Gasteiger partial charge in [-0.05, 0) is 16.9 Å². The Balaban J connectivity index is 1.88. The molecule has 27 heavy (non-hydrogen) atoms. The van der Waals surface area contributed by atoms with Gasteiger partial charge < -0.3 is 14.9 Å². The average Bonchev–Trinajstić information content (AvgIpc) is 2.95. The molecule has 1 aromatic carbocycles. The fourth-order valence-electron chi connectivity index (χ4n) is 2.61. The largest absolute Gasteiger partial charge is 0.394 e. The van der Waals surface area contributed by atoms with E-state index in [1.807, 2.05) is 0 Å². The molecule has 3 N–H and O–H groups in total. The summed E-state index contributed by atoms with van der Waals surface area (Å²) in [4.78, 5) is 36.4. The molecule has 0 bridgehead atoms. The zero-order valence-corrected chi connectivity index (χ0v) is 15.3. The van der Waals surface area contributed by atoms with Crippen LogP contribution in [0.5, 0.6) is 0 Å². The van der Waals surface area contributed by atoms with E-state index in [1.54, 1.807) is 18.2 Å². The second kappa shape index (κ2) is 8.27. The number of nitrogens with one attached hydrogen (secondary N) is 1. The summed E-state index contributed by atoms with van der Waals surface area (Å²) in [6.07, 6.45) is -1.79. The summed E-state index contributed by atoms with van der Waals surface area (Å²) in [5.41, 5.74) is -1.38. The summed E-state index contributed by atoms with van der Waals surface area (Å²) in [5.74, 6) is 0. The first kappa shape index (κ1) is 19.6. The number of aliphatic hydroxyl groups is 2. The minimum Gasteiger partial charge on any atom is -0.394 e. The second-order valence-corrected chi connectivity index (χ2v) is 8.05. The Hall–Kier alpha value is -2.12. The van der Waals surface area contributed by atoms with Crippen LogP contribution >= 0.6 is 21.6 Å². The molecule has 1 aliphatic rings. The van der Waals surface area contributed by atoms with Crippen LogP contribution in [-0.4, -0.2) is 48.8 Å². The van der Waals surface area contributed by atoms with E-state index in [4.69, 9.17) is 4.74 Å². The van der Waals surface area contributed by atoms with E-state index in [9.17, 15) is 29.9 Å². The van der Waals surface area contributed by atoms with Gasteiger partial charge in [-0.1, -0.05) is 22.9 Å². The van der Waals surface area contributed by atoms with Gasteiger partial charge in [0.15, 0.2) is 6.23 Å². The quantitative estimate of drug-likeness (QED) is 0.350. The molecular weight excluding hydrogens is 398 g/mol. The van der Waals surface area contributed by atoms with Crippen molar-refractivity contribution in [2.75, 3.05) is 6.61 Å². The van der Waals surface area contributed by atoms with Crippen molar-refractivity contribution in [3.8, 4) is 0 Å². The number of aromatic nitrogens is 2. The summed E-state index contributed by atoms with van der Waals surface area (Å²) in [6.45, 7) is -0.469. The number of aromatic amines is 1. The van der Waals surface area contributed by atoms with Gasteiger partial charge in [0, 0.05) is 18.3 Å². The molecule has 2 heterocycles. The Kier molecular flexibility index (Phi) is 6.01. The van der Waals surface area contributed by atoms with Gasteiger partial charge in [0.2, 0.25) is 0 Å². The van der Waals surface area contributed by atoms with Gasteiger partial charge >= 0.3 is 5.69 Å². The normalized spacial score (nSPS) is 24.8. The number of H-pyrrole nitrogens is 1. The maximum atomic E-state index is 12.1. The Morgan fingerprint density at radius 1 is 1.30 bits per heavy atom. The molecule has 1 aliphatic heterocycles. The smallest absolute Gasteiger partial charge is 0.330 e. The van der Waals surface area contributed by atoms with E-state index in [-0.39, 0.29) is 5.69 Å². The standard InChI is InChI=1S/C15H15N3O7S2/c19-7-9-12(21)13(14(25-9)17-6-5-11(20)16-15(17)22)27-26-10-4-2-1-3-8(10)18(23)24/h1-6,9,12-14,19,21H,7H2,(H,16,20,22)/t9-,12+,13?,14-/m1/s1. The van der Waals surface area contributed by atoms with Gasteiger partial charge in [-0.25, -0.2) is 4.79 Å². The molecule has 1 fully saturated rings. The number of nitro benzene ring substituents is 1. The summed E-state index contributed by atoms with van der Waals surface area (Å²) in [7, 11) is 2.15. The van der Waals surface area contributed by atoms with Gasteiger partial charge in [0.1, 0.15) is 6.10 Å². The molecule has 0 saturated carbocycles. The van der Waals surface area contributed by atoms with Crippen LogP contribution in [0.1, 0.15) is 6.23 Å². The highest BCUT2D eigenvalue weighted by molar-refractivity contribution is 8.77. The molecule has 1 unspecified atom stereocenters. The molecule has 12 heteroatoms. The van der Waals surface area contributed by atoms with Gasteiger partial charge in [0.25, 0.3) is 11.2 Å². The van der Waals surface area contributed by atoms with Crippen molar-refractivity contribution >= 4 is 27.3 Å². The monoisotopic (exact) mass is 413 g/mol. The molecule has 0 aliphatic carbocycles. The zero-order chi connectivity index (χ0) is 19.6. The van der Waals surface area contributed by atoms with E-state index in [0.29, 0.717) is 4.90 Å². The van der Waals surface area contributed by atoms with Crippen molar-refractivity contribution in [2.45, 2.75) is 28.6 Å². The van der Waals surface area contributed by atoms with Crippen LogP contribution in [0, 0.1) is 10.1 Å². The molecule has 4 atom stereocenters. The minimum absolute atomic E-state index is 0.0835. The average molecular weight is 413 g/mol. The first-order chi connectivity index (χ1) is 12.9. The van der Waals surface area contributed by atoms with Crippen LogP contribution in [0.3, 0.4) is 0 Å². The van der Waals surface area contributed by atoms with Crippen LogP contribution in [0.25, 0.3) is 0 Å². The lowest BCUT2D eigenvalue weighted by molar-refractivity contribution is -0.387. The molecule has 0 radical (unpaired) electrons. The van der Waals surface area contributed by atoms with Crippen molar-refractivity contribution in [1.29, 1.82) is 0 Å². The highest BCUT2D eigenvalue weighted by atomic mass is 33.1. The summed E-state index contributed by atoms with van der Waals surface area (Å²) < 4.78 is 6.69. The van der Waals surface area contributed by atoms with E-state index >= 15 is 0 Å². The van der Waals surface area contributed by atoms with E-state index in [2.05, 4.69) is 4.98 Å². The SMILES string of the molecule is O=c1ccn([C@@H]2O[C@H](CO)[C@H](O)C2SSc2ccccc2[N+](=O)[O-])c(=O)[nH]1. The van der Waals surface area contributed by atoms with Crippen LogP contribution in [-0.2, 0) is 4.74 Å². The predicted octanol–water partition coefficient (Wildman–Crippen LogP) is 0.504. The predicted molar refractivity (Wildman–Crippen MR) is 98.7 cm³/mol. The first-order valence-electron chi connectivity index (χ1n) is 7.75. The Morgan fingerprint density at radius 3 is 2.70 bits per heavy atom. The molecule has 2 aromatic rings. The lowest BCUT2D eigenvalue weighted by atomic mass is 10.2. The van der Waals surface area contributed by atoms with Crippen molar-refractivity contribution in [3.05, 3.63) is 67.5 Å². The molecular formula is C15H15N3O7S2. The number of benzene rings is 1. The zero-order valence-electron chi connectivity index (χ0n) is 13.6. The van der Waals surface area contributed by atoms with Gasteiger partial charge in [-0.15, -0.1) is 0 Å². The van der Waals surface area contributed by atoms with Crippen molar-refractivity contribution < 1.29 is 19.9 Å². The van der Waals surface area contributed by atoms with Crippen LogP contribution in [0.4, 0.5) is 5.69 Å². The van der Waals surface area contributed by atoms with Crippen molar-refractivity contribution in [3.63, 3.8) is 0 Å². The van der Waals surface area contributed by atoms with E-state index in [0.717, 1.165) is 32.2 Å². The summed E-state index contributed by atoms with van der Waals surface area (Å²) >= 11 is 0. The number of hydrogen-bond acceptors (Lipinski definition) is 9. The van der Waals surface area contributed by atoms with E-state index < -0.39 is 46.5 Å². The number of hydrogen-bond donors (Lipinski definition) is 3. The Labute approximate surface area is 159 Å². The first-order valence-corrected chi connectivity index (χ1v) is 9.96. The van der Waals surface area contributed by atoms with Crippen LogP contribution in [0.15, 0.2) is 51.0 Å². The van der Waals surface area contributed by atoms with Gasteiger partial charge in [-0.2, -0.15) is 0 Å². The van der Waals surface area contributed by atoms with Gasteiger partial charge in [-0.3, -0.25) is 24.5 Å². The Morgan fingerprint density at radius 2 is 2.04 bits per heavy atom. The number of para-hydroxylation sites is 1. The fraction of sp³-hybridized carbons (Fsp3) is 0.333.